The molecule has 0 amide bonds. The van der Waals surface area contributed by atoms with Crippen LogP contribution in [0.5, 0.6) is 0 Å². The fourth-order valence-corrected chi connectivity index (χ4v) is 1.64. The molecule has 1 aliphatic heterocycles. The van der Waals surface area contributed by atoms with Crippen molar-refractivity contribution in [2.24, 2.45) is 0 Å². The van der Waals surface area contributed by atoms with Gasteiger partial charge in [-0.05, 0) is 12.8 Å². The van der Waals surface area contributed by atoms with Gasteiger partial charge in [0.05, 0.1) is 19.3 Å². The predicted octanol–water partition coefficient (Wildman–Crippen LogP) is 3.15. The van der Waals surface area contributed by atoms with E-state index in [4.69, 9.17) is 9.47 Å². The van der Waals surface area contributed by atoms with Crippen molar-refractivity contribution in [3.63, 3.8) is 0 Å². The first-order valence-corrected chi connectivity index (χ1v) is 6.10. The molecular weight excluding hydrogens is 176 g/mol. The van der Waals surface area contributed by atoms with Crippen LogP contribution in [0.1, 0.15) is 52.4 Å². The van der Waals surface area contributed by atoms with E-state index in [1.54, 1.807) is 0 Å². The summed E-state index contributed by atoms with van der Waals surface area (Å²) < 4.78 is 10.8. The van der Waals surface area contributed by atoms with Gasteiger partial charge in [-0.25, -0.2) is 0 Å². The van der Waals surface area contributed by atoms with Crippen LogP contribution in [0.3, 0.4) is 0 Å². The summed E-state index contributed by atoms with van der Waals surface area (Å²) in [5, 5.41) is 0. The standard InChI is InChI=1S/C9H16O2.C3H8/c1-2-4-8(5-3-1)10-6-9-7-11-9;1-3-2/h8-9H,1-7H2;3H2,1-2H3. The summed E-state index contributed by atoms with van der Waals surface area (Å²) in [5.41, 5.74) is 0. The first kappa shape index (κ1) is 12.0. The van der Waals surface area contributed by atoms with Crippen LogP contribution >= 0.6 is 0 Å². The summed E-state index contributed by atoms with van der Waals surface area (Å²) in [7, 11) is 0. The summed E-state index contributed by atoms with van der Waals surface area (Å²) in [4.78, 5) is 0. The monoisotopic (exact) mass is 200 g/mol. The second kappa shape index (κ2) is 7.24. The number of ether oxygens (including phenoxy) is 2. The zero-order chi connectivity index (χ0) is 10.2. The van der Waals surface area contributed by atoms with E-state index in [1.165, 1.54) is 38.5 Å². The smallest absolute Gasteiger partial charge is 0.104 e. The number of rotatable bonds is 3. The average molecular weight is 200 g/mol. The van der Waals surface area contributed by atoms with Crippen LogP contribution in [-0.4, -0.2) is 25.4 Å². The van der Waals surface area contributed by atoms with Gasteiger partial charge in [-0.3, -0.25) is 0 Å². The lowest BCUT2D eigenvalue weighted by atomic mass is 9.98. The van der Waals surface area contributed by atoms with Gasteiger partial charge in [0.1, 0.15) is 6.10 Å². The Morgan fingerprint density at radius 3 is 2.21 bits per heavy atom. The number of hydrogen-bond acceptors (Lipinski definition) is 2. The average Bonchev–Trinajstić information content (AvgIpc) is 3.01. The Balaban J connectivity index is 0.000000293. The fourth-order valence-electron chi connectivity index (χ4n) is 1.64. The van der Waals surface area contributed by atoms with Crippen molar-refractivity contribution >= 4 is 0 Å². The Hall–Kier alpha value is -0.0800. The van der Waals surface area contributed by atoms with Gasteiger partial charge in [-0.15, -0.1) is 0 Å². The van der Waals surface area contributed by atoms with Crippen molar-refractivity contribution in [3.8, 4) is 0 Å². The molecule has 1 aliphatic carbocycles. The molecule has 1 saturated carbocycles. The van der Waals surface area contributed by atoms with Crippen LogP contribution in [0, 0.1) is 0 Å². The third-order valence-corrected chi connectivity index (χ3v) is 2.47. The van der Waals surface area contributed by atoms with Crippen LogP contribution in [-0.2, 0) is 9.47 Å². The predicted molar refractivity (Wildman–Crippen MR) is 58.5 cm³/mol. The van der Waals surface area contributed by atoms with Crippen LogP contribution in [0.15, 0.2) is 0 Å². The van der Waals surface area contributed by atoms with Crippen LogP contribution in [0.2, 0.25) is 0 Å². The zero-order valence-electron chi connectivity index (χ0n) is 9.63. The van der Waals surface area contributed by atoms with Crippen LogP contribution < -0.4 is 0 Å². The van der Waals surface area contributed by atoms with Crippen molar-refractivity contribution in [3.05, 3.63) is 0 Å². The molecule has 2 rings (SSSR count). The molecule has 84 valence electrons. The lowest BCUT2D eigenvalue weighted by molar-refractivity contribution is 0.0199. The van der Waals surface area contributed by atoms with Gasteiger partial charge in [-0.2, -0.15) is 0 Å². The first-order valence-electron chi connectivity index (χ1n) is 6.10. The quantitative estimate of drug-likeness (QED) is 0.653. The summed E-state index contributed by atoms with van der Waals surface area (Å²) in [5.74, 6) is 0. The van der Waals surface area contributed by atoms with Gasteiger partial charge in [0.25, 0.3) is 0 Å². The second-order valence-electron chi connectivity index (χ2n) is 4.26. The van der Waals surface area contributed by atoms with E-state index in [2.05, 4.69) is 13.8 Å². The summed E-state index contributed by atoms with van der Waals surface area (Å²) in [6.45, 7) is 6.01. The molecule has 0 bridgehead atoms. The van der Waals surface area contributed by atoms with Gasteiger partial charge in [0.15, 0.2) is 0 Å². The molecule has 2 aliphatic rings. The van der Waals surface area contributed by atoms with E-state index in [0.29, 0.717) is 12.2 Å². The molecule has 0 spiro atoms. The van der Waals surface area contributed by atoms with Crippen molar-refractivity contribution in [1.29, 1.82) is 0 Å². The SMILES string of the molecule is C1CCC(OCC2CO2)CC1.CCC. The molecule has 1 atom stereocenters. The molecule has 0 aromatic heterocycles. The summed E-state index contributed by atoms with van der Waals surface area (Å²) in [6.07, 6.45) is 8.90. The molecule has 2 fully saturated rings. The second-order valence-corrected chi connectivity index (χ2v) is 4.26. The molecule has 1 heterocycles. The molecule has 0 radical (unpaired) electrons. The van der Waals surface area contributed by atoms with E-state index in [9.17, 15) is 0 Å². The summed E-state index contributed by atoms with van der Waals surface area (Å²) >= 11 is 0. The molecule has 0 aromatic carbocycles. The van der Waals surface area contributed by atoms with Crippen molar-refractivity contribution < 1.29 is 9.47 Å². The molecule has 0 aromatic rings. The minimum atomic E-state index is 0.442. The van der Waals surface area contributed by atoms with Crippen molar-refractivity contribution in [2.45, 2.75) is 64.6 Å². The lowest BCUT2D eigenvalue weighted by Crippen LogP contribution is -2.18. The molecule has 2 heteroatoms. The maximum Gasteiger partial charge on any atom is 0.104 e. The Bertz CT molecular complexity index is 126. The normalized spacial score (nSPS) is 26.6. The van der Waals surface area contributed by atoms with E-state index in [1.807, 2.05) is 0 Å². The van der Waals surface area contributed by atoms with Crippen molar-refractivity contribution in [2.75, 3.05) is 13.2 Å². The Morgan fingerprint density at radius 1 is 1.14 bits per heavy atom. The molecule has 1 saturated heterocycles. The highest BCUT2D eigenvalue weighted by Crippen LogP contribution is 2.21. The minimum Gasteiger partial charge on any atom is -0.375 e. The maximum absolute atomic E-state index is 5.68. The van der Waals surface area contributed by atoms with Gasteiger partial charge in [-0.1, -0.05) is 39.5 Å². The van der Waals surface area contributed by atoms with E-state index in [-0.39, 0.29) is 0 Å². The highest BCUT2D eigenvalue weighted by molar-refractivity contribution is 4.71. The van der Waals surface area contributed by atoms with Crippen LogP contribution in [0.4, 0.5) is 0 Å². The summed E-state index contributed by atoms with van der Waals surface area (Å²) in [6, 6.07) is 0. The topological polar surface area (TPSA) is 21.8 Å². The number of epoxide rings is 1. The fraction of sp³-hybridized carbons (Fsp3) is 1.00. The highest BCUT2D eigenvalue weighted by Gasteiger charge is 2.24. The largest absolute Gasteiger partial charge is 0.375 e. The molecule has 14 heavy (non-hydrogen) atoms. The Labute approximate surface area is 88.0 Å². The van der Waals surface area contributed by atoms with Crippen molar-refractivity contribution in [1.82, 2.24) is 0 Å². The highest BCUT2D eigenvalue weighted by atomic mass is 16.6. The maximum atomic E-state index is 5.68. The minimum absolute atomic E-state index is 0.442. The van der Waals surface area contributed by atoms with Gasteiger partial charge in [0, 0.05) is 0 Å². The molecule has 0 N–H and O–H groups in total. The first-order chi connectivity index (χ1) is 6.86. The van der Waals surface area contributed by atoms with Crippen LogP contribution in [0.25, 0.3) is 0 Å². The third-order valence-electron chi connectivity index (χ3n) is 2.47. The Morgan fingerprint density at radius 2 is 1.71 bits per heavy atom. The zero-order valence-corrected chi connectivity index (χ0v) is 9.63. The third kappa shape index (κ3) is 5.61. The lowest BCUT2D eigenvalue weighted by Gasteiger charge is -2.21. The van der Waals surface area contributed by atoms with E-state index >= 15 is 0 Å². The van der Waals surface area contributed by atoms with E-state index < -0.39 is 0 Å². The number of hydrogen-bond donors (Lipinski definition) is 0. The molecule has 1 unspecified atom stereocenters. The van der Waals surface area contributed by atoms with Gasteiger partial charge in [0.2, 0.25) is 0 Å². The Kier molecular flexibility index (Phi) is 6.20. The molecular formula is C12H24O2. The van der Waals surface area contributed by atoms with E-state index in [0.717, 1.165) is 13.2 Å². The van der Waals surface area contributed by atoms with Gasteiger partial charge < -0.3 is 9.47 Å². The van der Waals surface area contributed by atoms with Gasteiger partial charge >= 0.3 is 0 Å². The molecule has 2 nitrogen and oxygen atoms in total.